The lowest BCUT2D eigenvalue weighted by atomic mass is 9.65. The topological polar surface area (TPSA) is 37.3 Å². The normalized spacial score (nSPS) is 26.8. The average molecular weight is 250 g/mol. The van der Waals surface area contributed by atoms with E-state index >= 15 is 0 Å². The predicted molar refractivity (Wildman–Crippen MR) is 67.9 cm³/mol. The molecule has 1 aliphatic rings. The van der Waals surface area contributed by atoms with Crippen molar-refractivity contribution in [2.45, 2.75) is 39.0 Å². The van der Waals surface area contributed by atoms with Crippen molar-refractivity contribution in [3.8, 4) is 0 Å². The SMILES string of the molecule is CC1(C)CCC(C(=O)O)C(c2cccc(F)c2)C1. The molecule has 0 aromatic heterocycles. The predicted octanol–water partition coefficient (Wildman–Crippen LogP) is 3.82. The molecule has 0 amide bonds. The second-order valence-corrected chi connectivity index (χ2v) is 6.01. The quantitative estimate of drug-likeness (QED) is 0.866. The van der Waals surface area contributed by atoms with Crippen LogP contribution in [0.2, 0.25) is 0 Å². The Morgan fingerprint density at radius 1 is 1.44 bits per heavy atom. The third-order valence-electron chi connectivity index (χ3n) is 3.98. The van der Waals surface area contributed by atoms with E-state index in [0.717, 1.165) is 18.4 Å². The minimum absolute atomic E-state index is 0.0815. The molecule has 0 spiro atoms. The first-order valence-corrected chi connectivity index (χ1v) is 6.37. The minimum atomic E-state index is -0.764. The van der Waals surface area contributed by atoms with E-state index in [4.69, 9.17) is 0 Å². The summed E-state index contributed by atoms with van der Waals surface area (Å²) >= 11 is 0. The van der Waals surface area contributed by atoms with Gasteiger partial charge in [-0.3, -0.25) is 4.79 Å². The highest BCUT2D eigenvalue weighted by molar-refractivity contribution is 5.71. The van der Waals surface area contributed by atoms with Gasteiger partial charge >= 0.3 is 5.97 Å². The molecule has 0 heterocycles. The highest BCUT2D eigenvalue weighted by Crippen LogP contribution is 2.46. The molecule has 2 atom stereocenters. The zero-order chi connectivity index (χ0) is 13.3. The summed E-state index contributed by atoms with van der Waals surface area (Å²) in [4.78, 5) is 11.3. The summed E-state index contributed by atoms with van der Waals surface area (Å²) < 4.78 is 13.3. The maximum absolute atomic E-state index is 13.3. The Bertz CT molecular complexity index is 454. The Hall–Kier alpha value is -1.38. The molecule has 2 nitrogen and oxygen atoms in total. The van der Waals surface area contributed by atoms with Crippen LogP contribution < -0.4 is 0 Å². The van der Waals surface area contributed by atoms with Gasteiger partial charge in [0.05, 0.1) is 5.92 Å². The van der Waals surface area contributed by atoms with Crippen LogP contribution in [0.4, 0.5) is 4.39 Å². The van der Waals surface area contributed by atoms with Gasteiger partial charge in [0.15, 0.2) is 0 Å². The number of benzene rings is 1. The van der Waals surface area contributed by atoms with E-state index in [1.165, 1.54) is 12.1 Å². The lowest BCUT2D eigenvalue weighted by Crippen LogP contribution is -2.33. The first-order chi connectivity index (χ1) is 8.39. The van der Waals surface area contributed by atoms with Crippen molar-refractivity contribution < 1.29 is 14.3 Å². The molecule has 98 valence electrons. The van der Waals surface area contributed by atoms with Gasteiger partial charge in [0, 0.05) is 0 Å². The van der Waals surface area contributed by atoms with Gasteiger partial charge in [-0.2, -0.15) is 0 Å². The van der Waals surface area contributed by atoms with Gasteiger partial charge in [-0.25, -0.2) is 4.39 Å². The second kappa shape index (κ2) is 4.71. The largest absolute Gasteiger partial charge is 0.481 e. The number of aliphatic carboxylic acids is 1. The molecule has 0 saturated heterocycles. The fourth-order valence-electron chi connectivity index (χ4n) is 2.97. The summed E-state index contributed by atoms with van der Waals surface area (Å²) in [6, 6.07) is 6.37. The van der Waals surface area contributed by atoms with E-state index in [0.29, 0.717) is 6.42 Å². The van der Waals surface area contributed by atoms with Crippen LogP contribution in [-0.2, 0) is 4.79 Å². The van der Waals surface area contributed by atoms with Crippen molar-refractivity contribution in [1.29, 1.82) is 0 Å². The third-order valence-corrected chi connectivity index (χ3v) is 3.98. The van der Waals surface area contributed by atoms with Crippen molar-refractivity contribution in [2.24, 2.45) is 11.3 Å². The molecule has 0 radical (unpaired) electrons. The summed E-state index contributed by atoms with van der Waals surface area (Å²) in [6.45, 7) is 4.30. The maximum Gasteiger partial charge on any atom is 0.307 e. The molecule has 2 rings (SSSR count). The molecule has 1 aromatic carbocycles. The van der Waals surface area contributed by atoms with Crippen LogP contribution >= 0.6 is 0 Å². The van der Waals surface area contributed by atoms with Crippen LogP contribution in [0.5, 0.6) is 0 Å². The fraction of sp³-hybridized carbons (Fsp3) is 0.533. The van der Waals surface area contributed by atoms with Gasteiger partial charge in [-0.1, -0.05) is 26.0 Å². The standard InChI is InChI=1S/C15H19FO2/c1-15(2)7-6-12(14(17)18)13(9-15)10-4-3-5-11(16)8-10/h3-5,8,12-13H,6-7,9H2,1-2H3,(H,17,18). The highest BCUT2D eigenvalue weighted by atomic mass is 19.1. The monoisotopic (exact) mass is 250 g/mol. The Morgan fingerprint density at radius 2 is 2.17 bits per heavy atom. The molecule has 1 N–H and O–H groups in total. The molecule has 2 unspecified atom stereocenters. The van der Waals surface area contributed by atoms with Crippen LogP contribution in [0.25, 0.3) is 0 Å². The first kappa shape index (κ1) is 13.1. The van der Waals surface area contributed by atoms with E-state index in [-0.39, 0.29) is 23.1 Å². The number of hydrogen-bond donors (Lipinski definition) is 1. The van der Waals surface area contributed by atoms with Crippen LogP contribution in [0.15, 0.2) is 24.3 Å². The Balaban J connectivity index is 2.33. The summed E-state index contributed by atoms with van der Waals surface area (Å²) in [5, 5.41) is 9.32. The molecule has 1 fully saturated rings. The summed E-state index contributed by atoms with van der Waals surface area (Å²) in [7, 11) is 0. The Morgan fingerprint density at radius 3 is 2.78 bits per heavy atom. The van der Waals surface area contributed by atoms with Crippen molar-refractivity contribution in [3.05, 3.63) is 35.6 Å². The van der Waals surface area contributed by atoms with Gasteiger partial charge in [0.2, 0.25) is 0 Å². The summed E-state index contributed by atoms with van der Waals surface area (Å²) in [6.07, 6.45) is 2.38. The van der Waals surface area contributed by atoms with Crippen LogP contribution in [0.3, 0.4) is 0 Å². The molecule has 18 heavy (non-hydrogen) atoms. The molecule has 3 heteroatoms. The summed E-state index contributed by atoms with van der Waals surface area (Å²) in [5.41, 5.74) is 0.943. The fourth-order valence-corrected chi connectivity index (χ4v) is 2.97. The van der Waals surface area contributed by atoms with E-state index in [9.17, 15) is 14.3 Å². The lowest BCUT2D eigenvalue weighted by molar-refractivity contribution is -0.144. The van der Waals surface area contributed by atoms with Gasteiger partial charge in [-0.05, 0) is 48.3 Å². The van der Waals surface area contributed by atoms with Gasteiger partial charge in [-0.15, -0.1) is 0 Å². The lowest BCUT2D eigenvalue weighted by Gasteiger charge is -2.39. The molecule has 1 saturated carbocycles. The zero-order valence-electron chi connectivity index (χ0n) is 10.8. The molecule has 1 aliphatic carbocycles. The minimum Gasteiger partial charge on any atom is -0.481 e. The molecule has 0 bridgehead atoms. The molecule has 1 aromatic rings. The molecular formula is C15H19FO2. The van der Waals surface area contributed by atoms with Gasteiger partial charge in [0.1, 0.15) is 5.82 Å². The highest BCUT2D eigenvalue weighted by Gasteiger charge is 2.39. The number of carboxylic acids is 1. The third kappa shape index (κ3) is 2.71. The van der Waals surface area contributed by atoms with Crippen LogP contribution in [-0.4, -0.2) is 11.1 Å². The maximum atomic E-state index is 13.3. The van der Waals surface area contributed by atoms with Gasteiger partial charge < -0.3 is 5.11 Å². The number of hydrogen-bond acceptors (Lipinski definition) is 1. The van der Waals surface area contributed by atoms with Crippen molar-refractivity contribution in [3.63, 3.8) is 0 Å². The van der Waals surface area contributed by atoms with Crippen molar-refractivity contribution >= 4 is 5.97 Å². The number of carboxylic acid groups (broad SMARTS) is 1. The number of halogens is 1. The first-order valence-electron chi connectivity index (χ1n) is 6.37. The Labute approximate surface area is 107 Å². The van der Waals surface area contributed by atoms with Crippen LogP contribution in [0, 0.1) is 17.2 Å². The second-order valence-electron chi connectivity index (χ2n) is 6.01. The van der Waals surface area contributed by atoms with E-state index in [2.05, 4.69) is 13.8 Å². The van der Waals surface area contributed by atoms with E-state index in [1.54, 1.807) is 6.07 Å². The van der Waals surface area contributed by atoms with Gasteiger partial charge in [0.25, 0.3) is 0 Å². The number of carbonyl (C=O) groups is 1. The Kier molecular flexibility index (Phi) is 3.42. The van der Waals surface area contributed by atoms with Crippen molar-refractivity contribution in [2.75, 3.05) is 0 Å². The molecule has 0 aliphatic heterocycles. The molecular weight excluding hydrogens is 231 g/mol. The van der Waals surface area contributed by atoms with E-state index in [1.807, 2.05) is 6.07 Å². The van der Waals surface area contributed by atoms with Crippen LogP contribution in [0.1, 0.15) is 44.6 Å². The van der Waals surface area contributed by atoms with E-state index < -0.39 is 5.97 Å². The zero-order valence-corrected chi connectivity index (χ0v) is 10.8. The smallest absolute Gasteiger partial charge is 0.307 e. The average Bonchev–Trinajstić information content (AvgIpc) is 2.27. The van der Waals surface area contributed by atoms with Crippen molar-refractivity contribution in [1.82, 2.24) is 0 Å². The number of rotatable bonds is 2. The summed E-state index contributed by atoms with van der Waals surface area (Å²) in [5.74, 6) is -1.53.